The number of hydrogen-bond acceptors (Lipinski definition) is 5. The summed E-state index contributed by atoms with van der Waals surface area (Å²) in [7, 11) is -1.77. The molecule has 1 amide bonds. The molecule has 1 aliphatic rings. The number of nitrogens with one attached hydrogen (secondary N) is 2. The number of pyridine rings is 1. The molecule has 1 aromatic heterocycles. The van der Waals surface area contributed by atoms with E-state index in [1.54, 1.807) is 6.07 Å². The first-order chi connectivity index (χ1) is 15.4. The van der Waals surface area contributed by atoms with Gasteiger partial charge in [-0.2, -0.15) is 4.31 Å². The first-order valence-corrected chi connectivity index (χ1v) is 12.0. The van der Waals surface area contributed by atoms with Gasteiger partial charge in [-0.1, -0.05) is 30.3 Å². The molecule has 3 aromatic rings. The smallest absolute Gasteiger partial charge is 0.256 e. The predicted octanol–water partition coefficient (Wildman–Crippen LogP) is 1.44. The number of carbonyl (C=O) groups is 1. The van der Waals surface area contributed by atoms with E-state index in [-0.39, 0.29) is 15.8 Å². The highest BCUT2D eigenvalue weighted by molar-refractivity contribution is 7.89. The summed E-state index contributed by atoms with van der Waals surface area (Å²) in [6.45, 7) is 2.49. The molecule has 9 heteroatoms. The molecular weight excluding hydrogens is 428 g/mol. The minimum absolute atomic E-state index is 0.0419. The summed E-state index contributed by atoms with van der Waals surface area (Å²) in [6, 6.07) is 14.1. The number of likely N-dealkylation sites (N-methyl/N-ethyl adjacent to an activating group) is 1. The number of fused-ring (bicyclic) bond motifs is 1. The van der Waals surface area contributed by atoms with Crippen LogP contribution in [0.2, 0.25) is 0 Å². The molecule has 32 heavy (non-hydrogen) atoms. The first kappa shape index (κ1) is 22.2. The number of carbonyl (C=O) groups excluding carboxylic acids is 1. The molecule has 4 rings (SSSR count). The molecule has 0 bridgehead atoms. The molecule has 1 aliphatic heterocycles. The second kappa shape index (κ2) is 9.23. The second-order valence-corrected chi connectivity index (χ2v) is 9.88. The molecular formula is C23H26N4O4S. The van der Waals surface area contributed by atoms with Gasteiger partial charge in [0.25, 0.3) is 5.91 Å². The van der Waals surface area contributed by atoms with E-state index in [9.17, 15) is 18.0 Å². The van der Waals surface area contributed by atoms with Crippen LogP contribution in [0.4, 0.5) is 0 Å². The molecule has 2 heterocycles. The number of nitrogens with zero attached hydrogens (tertiary/aromatic N) is 2. The Kier molecular flexibility index (Phi) is 6.40. The molecule has 1 fully saturated rings. The number of piperazine rings is 1. The van der Waals surface area contributed by atoms with Gasteiger partial charge in [0.15, 0.2) is 0 Å². The molecule has 0 saturated carbocycles. The number of sulfonamides is 1. The molecule has 168 valence electrons. The van der Waals surface area contributed by atoms with Crippen LogP contribution in [-0.4, -0.2) is 68.3 Å². The van der Waals surface area contributed by atoms with Gasteiger partial charge < -0.3 is 15.2 Å². The van der Waals surface area contributed by atoms with Crippen molar-refractivity contribution in [3.8, 4) is 0 Å². The highest BCUT2D eigenvalue weighted by Gasteiger charge is 2.28. The summed E-state index contributed by atoms with van der Waals surface area (Å²) in [6.07, 6.45) is 2.02. The van der Waals surface area contributed by atoms with Crippen LogP contribution in [0.5, 0.6) is 0 Å². The van der Waals surface area contributed by atoms with Crippen molar-refractivity contribution >= 4 is 26.8 Å². The van der Waals surface area contributed by atoms with Crippen LogP contribution in [-0.2, 0) is 16.4 Å². The van der Waals surface area contributed by atoms with Crippen LogP contribution < -0.4 is 10.7 Å². The lowest BCUT2D eigenvalue weighted by molar-refractivity contribution is 0.0953. The fourth-order valence-corrected chi connectivity index (χ4v) is 5.21. The molecule has 8 nitrogen and oxygen atoms in total. The minimum atomic E-state index is -3.72. The Labute approximate surface area is 186 Å². The van der Waals surface area contributed by atoms with Crippen LogP contribution in [0.15, 0.2) is 64.4 Å². The monoisotopic (exact) mass is 454 g/mol. The zero-order valence-electron chi connectivity index (χ0n) is 17.9. The van der Waals surface area contributed by atoms with Gasteiger partial charge in [0.1, 0.15) is 5.56 Å². The average molecular weight is 455 g/mol. The molecule has 2 N–H and O–H groups in total. The molecule has 2 aromatic carbocycles. The molecule has 0 unspecified atom stereocenters. The summed E-state index contributed by atoms with van der Waals surface area (Å²) in [5, 5.41) is 2.94. The maximum Gasteiger partial charge on any atom is 0.256 e. The normalized spacial score (nSPS) is 15.7. The maximum atomic E-state index is 13.1. The maximum absolute atomic E-state index is 13.1. The van der Waals surface area contributed by atoms with Crippen LogP contribution in [0.25, 0.3) is 10.9 Å². The average Bonchev–Trinajstić information content (AvgIpc) is 2.80. The number of rotatable bonds is 6. The van der Waals surface area contributed by atoms with Crippen molar-refractivity contribution < 1.29 is 13.2 Å². The number of hydrogen-bond donors (Lipinski definition) is 2. The number of aromatic amines is 1. The highest BCUT2D eigenvalue weighted by Crippen LogP contribution is 2.20. The van der Waals surface area contributed by atoms with Gasteiger partial charge in [-0.25, -0.2) is 8.42 Å². The molecule has 0 spiro atoms. The summed E-state index contributed by atoms with van der Waals surface area (Å²) in [5.41, 5.74) is 1.03. The molecule has 0 aliphatic carbocycles. The van der Waals surface area contributed by atoms with Crippen molar-refractivity contribution in [1.82, 2.24) is 19.5 Å². The summed E-state index contributed by atoms with van der Waals surface area (Å²) in [5.74, 6) is -0.489. The fourth-order valence-electron chi connectivity index (χ4n) is 3.76. The topological polar surface area (TPSA) is 103 Å². The van der Waals surface area contributed by atoms with Crippen LogP contribution in [0, 0.1) is 0 Å². The van der Waals surface area contributed by atoms with Gasteiger partial charge in [0.2, 0.25) is 15.5 Å². The Balaban J connectivity index is 1.56. The number of aromatic nitrogens is 1. The van der Waals surface area contributed by atoms with E-state index in [4.69, 9.17) is 0 Å². The Morgan fingerprint density at radius 1 is 1.06 bits per heavy atom. The van der Waals surface area contributed by atoms with Crippen molar-refractivity contribution in [2.24, 2.45) is 0 Å². The Hall–Kier alpha value is -3.01. The first-order valence-electron chi connectivity index (χ1n) is 10.5. The molecule has 1 saturated heterocycles. The van der Waals surface area contributed by atoms with Gasteiger partial charge in [0, 0.05) is 49.8 Å². The Morgan fingerprint density at radius 2 is 1.78 bits per heavy atom. The third-order valence-corrected chi connectivity index (χ3v) is 7.63. The standard InChI is InChI=1S/C23H26N4O4S/c1-26-11-13-27(14-12-26)32(30,31)18-7-8-21-19(15-18)22(28)20(16-25-21)23(29)24-10-9-17-5-3-2-4-6-17/h2-8,15-16H,9-14H2,1H3,(H,24,29)(H,25,28). The van der Waals surface area contributed by atoms with E-state index < -0.39 is 21.4 Å². The SMILES string of the molecule is CN1CCN(S(=O)(=O)c2ccc3[nH]cc(C(=O)NCCc4ccccc4)c(=O)c3c2)CC1. The van der Waals surface area contributed by atoms with Crippen molar-refractivity contribution in [1.29, 1.82) is 0 Å². The number of amides is 1. The Bertz CT molecular complexity index is 1280. The third kappa shape index (κ3) is 4.59. The lowest BCUT2D eigenvalue weighted by Crippen LogP contribution is -2.47. The van der Waals surface area contributed by atoms with Crippen LogP contribution in [0.1, 0.15) is 15.9 Å². The highest BCUT2D eigenvalue weighted by atomic mass is 32.2. The number of H-pyrrole nitrogens is 1. The van der Waals surface area contributed by atoms with E-state index in [0.717, 1.165) is 5.56 Å². The van der Waals surface area contributed by atoms with Crippen molar-refractivity contribution in [2.45, 2.75) is 11.3 Å². The van der Waals surface area contributed by atoms with Crippen LogP contribution in [0.3, 0.4) is 0 Å². The lowest BCUT2D eigenvalue weighted by atomic mass is 10.1. The van der Waals surface area contributed by atoms with Crippen molar-refractivity contribution in [3.63, 3.8) is 0 Å². The molecule has 0 radical (unpaired) electrons. The zero-order chi connectivity index (χ0) is 22.7. The second-order valence-electron chi connectivity index (χ2n) is 7.94. The summed E-state index contributed by atoms with van der Waals surface area (Å²) >= 11 is 0. The van der Waals surface area contributed by atoms with E-state index in [1.807, 2.05) is 37.4 Å². The number of benzene rings is 2. The lowest BCUT2D eigenvalue weighted by Gasteiger charge is -2.31. The minimum Gasteiger partial charge on any atom is -0.360 e. The molecule has 0 atom stereocenters. The van der Waals surface area contributed by atoms with Gasteiger partial charge in [-0.05, 0) is 37.2 Å². The zero-order valence-corrected chi connectivity index (χ0v) is 18.7. The summed E-state index contributed by atoms with van der Waals surface area (Å²) < 4.78 is 27.6. The predicted molar refractivity (Wildman–Crippen MR) is 123 cm³/mol. The summed E-state index contributed by atoms with van der Waals surface area (Å²) in [4.78, 5) is 30.7. The van der Waals surface area contributed by atoms with Gasteiger partial charge in [-0.15, -0.1) is 0 Å². The fraction of sp³-hybridized carbons (Fsp3) is 0.304. The van der Waals surface area contributed by atoms with Crippen molar-refractivity contribution in [3.05, 3.63) is 76.1 Å². The van der Waals surface area contributed by atoms with E-state index in [0.29, 0.717) is 44.7 Å². The van der Waals surface area contributed by atoms with Crippen LogP contribution >= 0.6 is 0 Å². The quantitative estimate of drug-likeness (QED) is 0.587. The Morgan fingerprint density at radius 3 is 2.50 bits per heavy atom. The van der Waals surface area contributed by atoms with E-state index in [2.05, 4.69) is 15.2 Å². The van der Waals surface area contributed by atoms with Crippen molar-refractivity contribution in [2.75, 3.05) is 39.8 Å². The van der Waals surface area contributed by atoms with E-state index >= 15 is 0 Å². The van der Waals surface area contributed by atoms with Gasteiger partial charge in [0.05, 0.1) is 4.90 Å². The van der Waals surface area contributed by atoms with Gasteiger partial charge >= 0.3 is 0 Å². The third-order valence-electron chi connectivity index (χ3n) is 5.74. The largest absolute Gasteiger partial charge is 0.360 e. The van der Waals surface area contributed by atoms with E-state index in [1.165, 1.54) is 22.6 Å². The van der Waals surface area contributed by atoms with Gasteiger partial charge in [-0.3, -0.25) is 9.59 Å².